The molecular weight excluding hydrogens is 1010 g/mol. The summed E-state index contributed by atoms with van der Waals surface area (Å²) in [5.41, 5.74) is 25.9. The van der Waals surface area contributed by atoms with Crippen LogP contribution in [0, 0.1) is 23.7 Å². The van der Waals surface area contributed by atoms with Gasteiger partial charge in [-0.3, -0.25) is 9.97 Å². The Balaban J connectivity index is 1.17. The van der Waals surface area contributed by atoms with E-state index in [4.69, 9.17) is 19.9 Å². The Labute approximate surface area is 484 Å². The molecule has 0 saturated carbocycles. The van der Waals surface area contributed by atoms with E-state index in [1.165, 1.54) is 132 Å². The van der Waals surface area contributed by atoms with Gasteiger partial charge in [-0.1, -0.05) is 120 Å². The SMILES string of the molecule is CCCCCCc1cc(C#CC#Cc2c3nc(cc4[nH]c(cc5[nH]c(cc6nc2C(CC)=C6CC)c(CC)c5CC)c(CC)c4CC)C(CC)=C3CC)sc1-c1sc(-c2cc3cccnc3c3ncccc23)cc1CCCCCC. The van der Waals surface area contributed by atoms with E-state index in [2.05, 4.69) is 157 Å². The van der Waals surface area contributed by atoms with E-state index in [0.717, 1.165) is 137 Å². The molecule has 0 unspecified atom stereocenters. The number of nitrogens with one attached hydrogen (secondary N) is 2. The largest absolute Gasteiger partial charge is 0.355 e. The van der Waals surface area contributed by atoms with Gasteiger partial charge in [-0.05, 0) is 205 Å². The van der Waals surface area contributed by atoms with E-state index in [0.29, 0.717) is 0 Å². The Bertz CT molecular complexity index is 3870. The Morgan fingerprint density at radius 3 is 1.50 bits per heavy atom. The molecule has 8 heteroatoms. The summed E-state index contributed by atoms with van der Waals surface area (Å²) in [6.45, 7) is 22.8. The molecule has 0 spiro atoms. The summed E-state index contributed by atoms with van der Waals surface area (Å²) in [5.74, 6) is 14.3. The molecule has 0 fully saturated rings. The number of benzene rings is 1. The molecule has 7 aromatic heterocycles. The molecule has 0 aliphatic carbocycles. The summed E-state index contributed by atoms with van der Waals surface area (Å²) in [7, 11) is 0. The lowest BCUT2D eigenvalue weighted by Gasteiger charge is -2.08. The first-order valence-electron chi connectivity index (χ1n) is 30.4. The van der Waals surface area contributed by atoms with Gasteiger partial charge in [0.1, 0.15) is 0 Å². The first-order valence-corrected chi connectivity index (χ1v) is 32.0. The lowest BCUT2D eigenvalue weighted by molar-refractivity contribution is 0.666. The van der Waals surface area contributed by atoms with Crippen LogP contribution in [0.15, 0.2) is 73.1 Å². The molecule has 8 aromatic rings. The van der Waals surface area contributed by atoms with Gasteiger partial charge in [-0.25, -0.2) is 9.97 Å². The molecule has 6 nitrogen and oxygen atoms in total. The number of nitrogens with zero attached hydrogens (tertiary/aromatic N) is 4. The Hall–Kier alpha value is -6.84. The average molecular weight is 1090 g/mol. The number of rotatable bonds is 20. The van der Waals surface area contributed by atoms with Gasteiger partial charge >= 0.3 is 0 Å². The monoisotopic (exact) mass is 1090 g/mol. The molecule has 10 rings (SSSR count). The van der Waals surface area contributed by atoms with Crippen molar-refractivity contribution in [3.8, 4) is 43.9 Å². The minimum Gasteiger partial charge on any atom is -0.355 e. The van der Waals surface area contributed by atoms with Crippen molar-refractivity contribution >= 4 is 88.8 Å². The molecule has 8 bridgehead atoms. The van der Waals surface area contributed by atoms with E-state index in [-0.39, 0.29) is 0 Å². The molecule has 0 amide bonds. The molecule has 0 atom stereocenters. The maximum Gasteiger partial charge on any atom is 0.0971 e. The lowest BCUT2D eigenvalue weighted by atomic mass is 9.94. The maximum atomic E-state index is 5.65. The van der Waals surface area contributed by atoms with Crippen LogP contribution >= 0.6 is 22.7 Å². The van der Waals surface area contributed by atoms with Crippen molar-refractivity contribution in [3.05, 3.63) is 140 Å². The van der Waals surface area contributed by atoms with Gasteiger partial charge in [0.05, 0.1) is 44.2 Å². The highest BCUT2D eigenvalue weighted by molar-refractivity contribution is 7.24. The van der Waals surface area contributed by atoms with Crippen LogP contribution in [0.4, 0.5) is 0 Å². The summed E-state index contributed by atoms with van der Waals surface area (Å²) in [6, 6.07) is 22.7. The highest BCUT2D eigenvalue weighted by atomic mass is 32.1. The third-order valence-electron chi connectivity index (χ3n) is 16.7. The Morgan fingerprint density at radius 2 is 0.963 bits per heavy atom. The number of pyridine rings is 2. The van der Waals surface area contributed by atoms with Gasteiger partial charge in [0.25, 0.3) is 0 Å². The third kappa shape index (κ3) is 11.0. The zero-order chi connectivity index (χ0) is 55.9. The Kier molecular flexibility index (Phi) is 18.2. The minimum atomic E-state index is 0.836. The van der Waals surface area contributed by atoms with Gasteiger partial charge < -0.3 is 9.97 Å². The number of allylic oxidation sites excluding steroid dienone is 4. The van der Waals surface area contributed by atoms with Crippen molar-refractivity contribution in [1.82, 2.24) is 29.9 Å². The summed E-state index contributed by atoms with van der Waals surface area (Å²) in [5, 5.41) is 2.26. The van der Waals surface area contributed by atoms with Crippen LogP contribution in [0.3, 0.4) is 0 Å². The van der Waals surface area contributed by atoms with Crippen molar-refractivity contribution in [2.45, 2.75) is 185 Å². The third-order valence-corrected chi connectivity index (χ3v) is 19.2. The van der Waals surface area contributed by atoms with Crippen molar-refractivity contribution < 1.29 is 0 Å². The molecular formula is C72H80N6S2. The standard InChI is InChI=1S/C72H80N6S2/c1-11-21-23-25-31-46-39-48(79-71(46)72-47(32-26-24-22-12-2)41-66(80-72)59-40-45-33-29-37-73-67(45)70-57(59)36-30-38-74-70)34-27-28-35-58-68-55(19-9)53(17-7)64(77-68)43-62-51(15-5)49(13-3)60(75-62)42-61-50(14-4)52(16-6)63(76-61)44-65-54(18-8)56(20-10)69(58)78-65/h29-30,33,36-44,75-76H,11-26,31-32H2,1-10H3. The van der Waals surface area contributed by atoms with Crippen LogP contribution in [0.5, 0.6) is 0 Å². The van der Waals surface area contributed by atoms with Crippen LogP contribution in [-0.2, 0) is 38.5 Å². The molecule has 9 heterocycles. The topological polar surface area (TPSA) is 83.1 Å². The molecule has 80 heavy (non-hydrogen) atoms. The quantitative estimate of drug-likeness (QED) is 0.0453. The van der Waals surface area contributed by atoms with Gasteiger partial charge in [0, 0.05) is 65.4 Å². The number of aryl methyl sites for hydroxylation is 6. The molecule has 0 saturated heterocycles. The van der Waals surface area contributed by atoms with Crippen molar-refractivity contribution in [1.29, 1.82) is 0 Å². The van der Waals surface area contributed by atoms with Gasteiger partial charge in [0.15, 0.2) is 0 Å². The molecule has 2 aliphatic heterocycles. The summed E-state index contributed by atoms with van der Waals surface area (Å²) >= 11 is 3.79. The lowest BCUT2D eigenvalue weighted by Crippen LogP contribution is -1.95. The highest BCUT2D eigenvalue weighted by Gasteiger charge is 2.27. The molecule has 0 radical (unpaired) electrons. The van der Waals surface area contributed by atoms with Gasteiger partial charge in [-0.15, -0.1) is 22.7 Å². The van der Waals surface area contributed by atoms with Gasteiger partial charge in [-0.2, -0.15) is 0 Å². The van der Waals surface area contributed by atoms with E-state index in [1.807, 2.05) is 41.1 Å². The van der Waals surface area contributed by atoms with Crippen molar-refractivity contribution in [2.75, 3.05) is 0 Å². The number of fused-ring (bicyclic) bond motifs is 11. The number of aromatic amines is 2. The average Bonchev–Trinajstić information content (AvgIpc) is 4.44. The molecule has 1 aromatic carbocycles. The zero-order valence-corrected chi connectivity index (χ0v) is 50.9. The second-order valence-corrected chi connectivity index (χ2v) is 23.6. The highest BCUT2D eigenvalue weighted by Crippen LogP contribution is 2.47. The molecule has 410 valence electrons. The first kappa shape index (κ1) is 56.4. The number of hydrogen-bond donors (Lipinski definition) is 2. The number of aromatic nitrogens is 6. The summed E-state index contributed by atoms with van der Waals surface area (Å²) in [4.78, 5) is 33.9. The van der Waals surface area contributed by atoms with E-state index in [1.54, 1.807) is 0 Å². The predicted octanol–water partition coefficient (Wildman–Crippen LogP) is 20.2. The van der Waals surface area contributed by atoms with Crippen LogP contribution in [0.2, 0.25) is 0 Å². The van der Waals surface area contributed by atoms with Crippen LogP contribution < -0.4 is 0 Å². The smallest absolute Gasteiger partial charge is 0.0971 e. The van der Waals surface area contributed by atoms with Crippen molar-refractivity contribution in [3.63, 3.8) is 0 Å². The van der Waals surface area contributed by atoms with Crippen LogP contribution in [0.25, 0.3) is 86.4 Å². The van der Waals surface area contributed by atoms with E-state index in [9.17, 15) is 0 Å². The molecule has 2 aliphatic rings. The van der Waals surface area contributed by atoms with E-state index < -0.39 is 0 Å². The second kappa shape index (κ2) is 25.7. The van der Waals surface area contributed by atoms with Crippen LogP contribution in [0.1, 0.15) is 213 Å². The maximum absolute atomic E-state index is 5.65. The molecule has 2 N–H and O–H groups in total. The number of thiophene rings is 2. The number of H-pyrrole nitrogens is 2. The Morgan fingerprint density at radius 1 is 0.463 bits per heavy atom. The van der Waals surface area contributed by atoms with Crippen molar-refractivity contribution in [2.24, 2.45) is 0 Å². The van der Waals surface area contributed by atoms with E-state index >= 15 is 0 Å². The summed E-state index contributed by atoms with van der Waals surface area (Å²) < 4.78 is 0. The minimum absolute atomic E-state index is 0.836. The normalized spacial score (nSPS) is 12.5. The fourth-order valence-electron chi connectivity index (χ4n) is 12.8. The summed E-state index contributed by atoms with van der Waals surface area (Å²) in [6.07, 6.45) is 22.7. The second-order valence-electron chi connectivity index (χ2n) is 21.5. The zero-order valence-electron chi connectivity index (χ0n) is 49.3. The predicted molar refractivity (Wildman–Crippen MR) is 346 cm³/mol. The van der Waals surface area contributed by atoms with Gasteiger partial charge in [0.2, 0.25) is 0 Å². The number of hydrogen-bond acceptors (Lipinski definition) is 6. The number of unbranched alkanes of at least 4 members (excludes halogenated alkanes) is 6. The van der Waals surface area contributed by atoms with Crippen LogP contribution in [-0.4, -0.2) is 29.9 Å². The first-order chi connectivity index (χ1) is 39.2. The fraction of sp³-hybridized carbons (Fsp3) is 0.389. The fourth-order valence-corrected chi connectivity index (χ4v) is 15.3.